The van der Waals surface area contributed by atoms with E-state index in [0.29, 0.717) is 0 Å². The number of hydrogen-bond acceptors (Lipinski definition) is 4. The summed E-state index contributed by atoms with van der Waals surface area (Å²) in [5.74, 6) is 0. The first-order valence-electron chi connectivity index (χ1n) is 12.9. The molecule has 0 saturated heterocycles. The largest absolute Gasteiger partial charge is 0.353 e. The Bertz CT molecular complexity index is 1880. The van der Waals surface area contributed by atoms with Gasteiger partial charge in [-0.15, -0.1) is 0 Å². The van der Waals surface area contributed by atoms with Crippen molar-refractivity contribution in [3.8, 4) is 22.3 Å². The van der Waals surface area contributed by atoms with Crippen molar-refractivity contribution in [1.82, 2.24) is 15.0 Å². The van der Waals surface area contributed by atoms with Crippen LogP contribution in [0.2, 0.25) is 0 Å². The molecule has 0 unspecified atom stereocenters. The van der Waals surface area contributed by atoms with E-state index in [1.165, 1.54) is 12.1 Å². The van der Waals surface area contributed by atoms with Crippen molar-refractivity contribution in [3.63, 3.8) is 0 Å². The number of H-pyrrole nitrogens is 2. The van der Waals surface area contributed by atoms with Gasteiger partial charge in [0.05, 0.1) is 33.0 Å². The summed E-state index contributed by atoms with van der Waals surface area (Å²) in [6, 6.07) is 35.1. The molecule has 4 heterocycles. The average Bonchev–Trinajstić information content (AvgIpc) is 3.76. The number of benzene rings is 3. The number of anilines is 2. The second-order valence-corrected chi connectivity index (χ2v) is 9.57. The van der Waals surface area contributed by atoms with Crippen LogP contribution in [0.1, 0.15) is 11.4 Å². The molecule has 3 aromatic carbocycles. The molecule has 6 bridgehead atoms. The zero-order chi connectivity index (χ0) is 27.1. The summed E-state index contributed by atoms with van der Waals surface area (Å²) in [5, 5.41) is 14.7. The number of hydrogen-bond donors (Lipinski definition) is 3. The fraction of sp³-hybridized carbons (Fsp3) is 0. The Hall–Kier alpha value is -5.69. The van der Waals surface area contributed by atoms with Crippen molar-refractivity contribution in [2.45, 2.75) is 0 Å². The maximum Gasteiger partial charge on any atom is 0.269 e. The van der Waals surface area contributed by atoms with Crippen LogP contribution in [0.25, 0.3) is 56.5 Å². The number of nitrogens with zero attached hydrogens (tertiary/aromatic N) is 2. The van der Waals surface area contributed by atoms with E-state index in [-0.39, 0.29) is 5.69 Å². The molecule has 40 heavy (non-hydrogen) atoms. The zero-order valence-electron chi connectivity index (χ0n) is 21.3. The highest BCUT2D eigenvalue weighted by Crippen LogP contribution is 2.36. The Morgan fingerprint density at radius 1 is 0.600 bits per heavy atom. The third-order valence-electron chi connectivity index (χ3n) is 7.07. The molecule has 192 valence electrons. The van der Waals surface area contributed by atoms with Crippen LogP contribution in [-0.2, 0) is 0 Å². The fourth-order valence-corrected chi connectivity index (χ4v) is 5.20. The van der Waals surface area contributed by atoms with Crippen LogP contribution in [0.3, 0.4) is 0 Å². The molecule has 0 saturated carbocycles. The first-order chi connectivity index (χ1) is 19.6. The van der Waals surface area contributed by atoms with Gasteiger partial charge >= 0.3 is 0 Å². The normalized spacial score (nSPS) is 11.6. The van der Waals surface area contributed by atoms with E-state index in [2.05, 4.69) is 63.8 Å². The standard InChI is InChI=1S/C33H23N5O2/c39-38(40)24-13-11-23(12-14-24)34-33-29-19-17-27(36-29)31(21-7-3-1-4-8-21)25-15-16-26(35-25)32(22-9-5-2-6-10-22)28-18-20-30(33)37-28/h1-20,34,36-37H. The highest BCUT2D eigenvalue weighted by molar-refractivity contribution is 5.99. The summed E-state index contributed by atoms with van der Waals surface area (Å²) in [5.41, 5.74) is 11.1. The minimum absolute atomic E-state index is 0.0449. The van der Waals surface area contributed by atoms with E-state index in [1.807, 2.05) is 48.5 Å². The van der Waals surface area contributed by atoms with Crippen molar-refractivity contribution >= 4 is 51.3 Å². The molecular weight excluding hydrogens is 498 g/mol. The van der Waals surface area contributed by atoms with Gasteiger partial charge in [0, 0.05) is 40.0 Å². The molecule has 3 aromatic heterocycles. The van der Waals surface area contributed by atoms with Gasteiger partial charge < -0.3 is 15.3 Å². The molecule has 6 aromatic rings. The molecule has 7 nitrogen and oxygen atoms in total. The van der Waals surface area contributed by atoms with Crippen LogP contribution >= 0.6 is 0 Å². The van der Waals surface area contributed by atoms with E-state index < -0.39 is 4.92 Å². The molecule has 0 radical (unpaired) electrons. The predicted molar refractivity (Wildman–Crippen MR) is 162 cm³/mol. The van der Waals surface area contributed by atoms with Crippen molar-refractivity contribution < 1.29 is 4.92 Å². The summed E-state index contributed by atoms with van der Waals surface area (Å²) in [7, 11) is 0. The van der Waals surface area contributed by atoms with Gasteiger partial charge in [-0.3, -0.25) is 10.1 Å². The molecule has 0 fully saturated rings. The van der Waals surface area contributed by atoms with E-state index in [4.69, 9.17) is 4.98 Å². The van der Waals surface area contributed by atoms with Crippen LogP contribution in [-0.4, -0.2) is 19.9 Å². The lowest BCUT2D eigenvalue weighted by molar-refractivity contribution is -0.384. The Labute approximate surface area is 229 Å². The second-order valence-electron chi connectivity index (χ2n) is 9.57. The minimum Gasteiger partial charge on any atom is -0.353 e. The van der Waals surface area contributed by atoms with Crippen LogP contribution in [0, 0.1) is 10.1 Å². The first-order valence-corrected chi connectivity index (χ1v) is 12.9. The summed E-state index contributed by atoms with van der Waals surface area (Å²) in [6.07, 6.45) is 4.14. The molecule has 0 atom stereocenters. The van der Waals surface area contributed by atoms with Crippen molar-refractivity contribution in [2.24, 2.45) is 0 Å². The summed E-state index contributed by atoms with van der Waals surface area (Å²) >= 11 is 0. The lowest BCUT2D eigenvalue weighted by atomic mass is 10.0. The van der Waals surface area contributed by atoms with Gasteiger partial charge in [-0.05, 0) is 59.7 Å². The molecule has 7 heteroatoms. The van der Waals surface area contributed by atoms with E-state index in [9.17, 15) is 10.1 Å². The molecule has 1 aliphatic heterocycles. The Morgan fingerprint density at radius 3 is 1.55 bits per heavy atom. The molecule has 0 spiro atoms. The van der Waals surface area contributed by atoms with Gasteiger partial charge in [-0.25, -0.2) is 4.98 Å². The molecule has 3 N–H and O–H groups in total. The maximum atomic E-state index is 11.2. The third-order valence-corrected chi connectivity index (χ3v) is 7.07. The van der Waals surface area contributed by atoms with Crippen LogP contribution in [0.5, 0.6) is 0 Å². The lowest BCUT2D eigenvalue weighted by Crippen LogP contribution is -1.93. The molecule has 0 aliphatic carbocycles. The highest BCUT2D eigenvalue weighted by Gasteiger charge is 2.16. The van der Waals surface area contributed by atoms with E-state index in [1.54, 1.807) is 12.1 Å². The Morgan fingerprint density at radius 2 is 1.07 bits per heavy atom. The highest BCUT2D eigenvalue weighted by atomic mass is 16.6. The lowest BCUT2D eigenvalue weighted by Gasteiger charge is -2.08. The monoisotopic (exact) mass is 521 g/mol. The topological polar surface area (TPSA) is 99.6 Å². The average molecular weight is 522 g/mol. The SMILES string of the molecule is O=[N+]([O-])c1ccc(Nc2c3ccc([nH]3)c(-c3ccccc3)c3nc(c(-c4ccccc4)c4ccc2[nH]4)C=C3)cc1. The fourth-order valence-electron chi connectivity index (χ4n) is 5.20. The van der Waals surface area contributed by atoms with Crippen LogP contribution < -0.4 is 5.32 Å². The molecule has 7 rings (SSSR count). The van der Waals surface area contributed by atoms with Gasteiger partial charge in [-0.2, -0.15) is 0 Å². The molecule has 0 amide bonds. The van der Waals surface area contributed by atoms with Gasteiger partial charge in [0.1, 0.15) is 0 Å². The van der Waals surface area contributed by atoms with Gasteiger partial charge in [0.25, 0.3) is 5.69 Å². The number of nitrogens with one attached hydrogen (secondary N) is 3. The third kappa shape index (κ3) is 4.16. The van der Waals surface area contributed by atoms with Gasteiger partial charge in [0.15, 0.2) is 0 Å². The number of non-ortho nitro benzene ring substituents is 1. The summed E-state index contributed by atoms with van der Waals surface area (Å²) < 4.78 is 0. The minimum atomic E-state index is -0.397. The van der Waals surface area contributed by atoms with Crippen LogP contribution in [0.4, 0.5) is 17.1 Å². The quantitative estimate of drug-likeness (QED) is 0.156. The summed E-state index contributed by atoms with van der Waals surface area (Å²) in [6.45, 7) is 0. The van der Waals surface area contributed by atoms with Gasteiger partial charge in [0.2, 0.25) is 0 Å². The first kappa shape index (κ1) is 23.4. The van der Waals surface area contributed by atoms with Crippen molar-refractivity contribution in [1.29, 1.82) is 0 Å². The predicted octanol–water partition coefficient (Wildman–Crippen LogP) is 8.64. The molecular formula is C33H23N5O2. The van der Waals surface area contributed by atoms with Crippen molar-refractivity contribution in [2.75, 3.05) is 5.32 Å². The molecule has 1 aliphatic rings. The number of rotatable bonds is 5. The Kier molecular flexibility index (Phi) is 5.60. The van der Waals surface area contributed by atoms with Crippen LogP contribution in [0.15, 0.2) is 109 Å². The smallest absolute Gasteiger partial charge is 0.269 e. The van der Waals surface area contributed by atoms with Crippen molar-refractivity contribution in [3.05, 3.63) is 131 Å². The number of aromatic amines is 2. The van der Waals surface area contributed by atoms with E-state index >= 15 is 0 Å². The number of nitro benzene ring substituents is 1. The summed E-state index contributed by atoms with van der Waals surface area (Å²) in [4.78, 5) is 23.1. The van der Waals surface area contributed by atoms with Gasteiger partial charge in [-0.1, -0.05) is 60.7 Å². The number of fused-ring (bicyclic) bond motifs is 6. The number of aromatic nitrogens is 3. The van der Waals surface area contributed by atoms with E-state index in [0.717, 1.165) is 67.1 Å². The second kappa shape index (κ2) is 9.56. The number of nitro groups is 1. The zero-order valence-corrected chi connectivity index (χ0v) is 21.3. The Balaban J connectivity index is 1.55. The maximum absolute atomic E-state index is 11.2.